The van der Waals surface area contributed by atoms with Crippen molar-refractivity contribution in [1.82, 2.24) is 0 Å². The SMILES string of the molecule is CCOc1cccc(N)c1C(=O)c1cc(C)c(Cl)cc1C. The van der Waals surface area contributed by atoms with Crippen LogP contribution in [0.2, 0.25) is 5.02 Å². The van der Waals surface area contributed by atoms with Crippen LogP contribution in [0.5, 0.6) is 5.75 Å². The molecule has 2 aromatic carbocycles. The van der Waals surface area contributed by atoms with Crippen molar-refractivity contribution < 1.29 is 9.53 Å². The molecule has 0 atom stereocenters. The van der Waals surface area contributed by atoms with E-state index >= 15 is 0 Å². The van der Waals surface area contributed by atoms with Crippen LogP contribution in [-0.4, -0.2) is 12.4 Å². The number of nitrogen functional groups attached to an aromatic ring is 1. The van der Waals surface area contributed by atoms with Crippen molar-refractivity contribution in [3.8, 4) is 5.75 Å². The van der Waals surface area contributed by atoms with E-state index in [2.05, 4.69) is 0 Å². The van der Waals surface area contributed by atoms with E-state index in [0.717, 1.165) is 11.1 Å². The number of aryl methyl sites for hydroxylation is 2. The van der Waals surface area contributed by atoms with E-state index in [0.29, 0.717) is 34.2 Å². The number of hydrogen-bond acceptors (Lipinski definition) is 3. The lowest BCUT2D eigenvalue weighted by Gasteiger charge is -2.14. The average molecular weight is 304 g/mol. The Hall–Kier alpha value is -2.00. The maximum atomic E-state index is 12.8. The van der Waals surface area contributed by atoms with Gasteiger partial charge in [-0.3, -0.25) is 4.79 Å². The van der Waals surface area contributed by atoms with Crippen LogP contribution < -0.4 is 10.5 Å². The van der Waals surface area contributed by atoms with Gasteiger partial charge in [0.15, 0.2) is 5.78 Å². The lowest BCUT2D eigenvalue weighted by atomic mass is 9.95. The fourth-order valence-corrected chi connectivity index (χ4v) is 2.45. The molecule has 0 saturated heterocycles. The maximum absolute atomic E-state index is 12.8. The second-order valence-electron chi connectivity index (χ2n) is 4.90. The molecule has 0 radical (unpaired) electrons. The Morgan fingerprint density at radius 2 is 1.95 bits per heavy atom. The third-order valence-corrected chi connectivity index (χ3v) is 3.74. The average Bonchev–Trinajstić information content (AvgIpc) is 2.43. The van der Waals surface area contributed by atoms with Crippen molar-refractivity contribution >= 4 is 23.1 Å². The summed E-state index contributed by atoms with van der Waals surface area (Å²) in [7, 11) is 0. The molecule has 4 heteroatoms. The fourth-order valence-electron chi connectivity index (χ4n) is 2.23. The van der Waals surface area contributed by atoms with Gasteiger partial charge in [-0.1, -0.05) is 17.7 Å². The first kappa shape index (κ1) is 15.4. The lowest BCUT2D eigenvalue weighted by Crippen LogP contribution is -2.10. The van der Waals surface area contributed by atoms with Gasteiger partial charge in [0, 0.05) is 16.3 Å². The summed E-state index contributed by atoms with van der Waals surface area (Å²) in [6.45, 7) is 6.08. The van der Waals surface area contributed by atoms with E-state index in [1.54, 1.807) is 30.3 Å². The predicted molar refractivity (Wildman–Crippen MR) is 86.4 cm³/mol. The first-order chi connectivity index (χ1) is 9.95. The van der Waals surface area contributed by atoms with Crippen LogP contribution in [0.4, 0.5) is 5.69 Å². The zero-order chi connectivity index (χ0) is 15.6. The van der Waals surface area contributed by atoms with Crippen molar-refractivity contribution in [1.29, 1.82) is 0 Å². The zero-order valence-electron chi connectivity index (χ0n) is 12.4. The Bertz CT molecular complexity index is 695. The number of anilines is 1. The van der Waals surface area contributed by atoms with Crippen molar-refractivity contribution in [2.24, 2.45) is 0 Å². The molecule has 0 aliphatic heterocycles. The first-order valence-corrected chi connectivity index (χ1v) is 7.16. The van der Waals surface area contributed by atoms with Gasteiger partial charge in [-0.05, 0) is 56.2 Å². The van der Waals surface area contributed by atoms with Gasteiger partial charge in [-0.15, -0.1) is 0 Å². The summed E-state index contributed by atoms with van der Waals surface area (Å²) < 4.78 is 5.53. The standard InChI is InChI=1S/C17H18ClNO2/c1-4-21-15-7-5-6-14(19)16(15)17(20)12-8-11(3)13(18)9-10(12)2/h5-9H,4,19H2,1-3H3. The van der Waals surface area contributed by atoms with Crippen LogP contribution in [0.1, 0.15) is 34.0 Å². The quantitative estimate of drug-likeness (QED) is 0.681. The van der Waals surface area contributed by atoms with Gasteiger partial charge in [0.25, 0.3) is 0 Å². The van der Waals surface area contributed by atoms with Crippen LogP contribution in [0.15, 0.2) is 30.3 Å². The van der Waals surface area contributed by atoms with Gasteiger partial charge in [-0.25, -0.2) is 0 Å². The maximum Gasteiger partial charge on any atom is 0.199 e. The van der Waals surface area contributed by atoms with E-state index in [4.69, 9.17) is 22.1 Å². The molecule has 0 bridgehead atoms. The Labute approximate surface area is 129 Å². The fraction of sp³-hybridized carbons (Fsp3) is 0.235. The minimum Gasteiger partial charge on any atom is -0.493 e. The Morgan fingerprint density at radius 1 is 1.24 bits per heavy atom. The van der Waals surface area contributed by atoms with Gasteiger partial charge in [-0.2, -0.15) is 0 Å². The summed E-state index contributed by atoms with van der Waals surface area (Å²) in [5, 5.41) is 0.648. The molecule has 0 amide bonds. The Balaban J connectivity index is 2.57. The van der Waals surface area contributed by atoms with Crippen LogP contribution in [0, 0.1) is 13.8 Å². The number of benzene rings is 2. The molecule has 0 fully saturated rings. The van der Waals surface area contributed by atoms with Gasteiger partial charge in [0.05, 0.1) is 12.2 Å². The highest BCUT2D eigenvalue weighted by molar-refractivity contribution is 6.31. The van der Waals surface area contributed by atoms with E-state index in [-0.39, 0.29) is 5.78 Å². The Morgan fingerprint density at radius 3 is 2.62 bits per heavy atom. The number of rotatable bonds is 4. The Kier molecular flexibility index (Phi) is 4.53. The molecular weight excluding hydrogens is 286 g/mol. The highest BCUT2D eigenvalue weighted by atomic mass is 35.5. The minimum absolute atomic E-state index is 0.145. The normalized spacial score (nSPS) is 10.5. The van der Waals surface area contributed by atoms with Crippen LogP contribution in [-0.2, 0) is 0 Å². The molecule has 0 aliphatic carbocycles. The summed E-state index contributed by atoms with van der Waals surface area (Å²) in [4.78, 5) is 12.8. The van der Waals surface area contributed by atoms with E-state index < -0.39 is 0 Å². The molecule has 0 saturated carbocycles. The van der Waals surface area contributed by atoms with Gasteiger partial charge >= 0.3 is 0 Å². The van der Waals surface area contributed by atoms with Crippen molar-refractivity contribution in [2.75, 3.05) is 12.3 Å². The lowest BCUT2D eigenvalue weighted by molar-refractivity contribution is 0.103. The summed E-state index contributed by atoms with van der Waals surface area (Å²) in [5.74, 6) is 0.364. The molecule has 0 heterocycles. The van der Waals surface area contributed by atoms with Crippen molar-refractivity contribution in [3.63, 3.8) is 0 Å². The van der Waals surface area contributed by atoms with Crippen LogP contribution in [0.3, 0.4) is 0 Å². The van der Waals surface area contributed by atoms with E-state index in [1.807, 2.05) is 20.8 Å². The largest absolute Gasteiger partial charge is 0.493 e. The predicted octanol–water partition coefficient (Wildman–Crippen LogP) is 4.17. The number of halogens is 1. The summed E-state index contributed by atoms with van der Waals surface area (Å²) >= 11 is 6.09. The highest BCUT2D eigenvalue weighted by Gasteiger charge is 2.20. The number of ketones is 1. The minimum atomic E-state index is -0.145. The second-order valence-corrected chi connectivity index (χ2v) is 5.31. The van der Waals surface area contributed by atoms with Crippen molar-refractivity contribution in [3.05, 3.63) is 57.6 Å². The first-order valence-electron chi connectivity index (χ1n) is 6.78. The zero-order valence-corrected chi connectivity index (χ0v) is 13.1. The molecule has 0 spiro atoms. The van der Waals surface area contributed by atoms with E-state index in [1.165, 1.54) is 0 Å². The third kappa shape index (κ3) is 3.03. The number of nitrogens with two attached hydrogens (primary N) is 1. The molecule has 2 N–H and O–H groups in total. The molecule has 21 heavy (non-hydrogen) atoms. The molecule has 2 rings (SSSR count). The van der Waals surface area contributed by atoms with Crippen molar-refractivity contribution in [2.45, 2.75) is 20.8 Å². The van der Waals surface area contributed by atoms with E-state index in [9.17, 15) is 4.79 Å². The summed E-state index contributed by atoms with van der Waals surface area (Å²) in [6, 6.07) is 8.82. The van der Waals surface area contributed by atoms with Crippen LogP contribution >= 0.6 is 11.6 Å². The van der Waals surface area contributed by atoms with Gasteiger partial charge < -0.3 is 10.5 Å². The summed E-state index contributed by atoms with van der Waals surface area (Å²) in [6.07, 6.45) is 0. The third-order valence-electron chi connectivity index (χ3n) is 3.34. The molecule has 2 aromatic rings. The molecule has 0 aromatic heterocycles. The second kappa shape index (κ2) is 6.19. The molecule has 0 aliphatic rings. The molecule has 3 nitrogen and oxygen atoms in total. The van der Waals surface area contributed by atoms with Crippen LogP contribution in [0.25, 0.3) is 0 Å². The van der Waals surface area contributed by atoms with Gasteiger partial charge in [0.2, 0.25) is 0 Å². The molecule has 0 unspecified atom stereocenters. The molecular formula is C17H18ClNO2. The molecule has 110 valence electrons. The monoisotopic (exact) mass is 303 g/mol. The number of ether oxygens (including phenoxy) is 1. The number of hydrogen-bond donors (Lipinski definition) is 1. The number of carbonyl (C=O) groups is 1. The smallest absolute Gasteiger partial charge is 0.199 e. The van der Waals surface area contributed by atoms with Gasteiger partial charge in [0.1, 0.15) is 5.75 Å². The number of carbonyl (C=O) groups excluding carboxylic acids is 1. The summed E-state index contributed by atoms with van der Waals surface area (Å²) in [5.41, 5.74) is 9.08. The highest BCUT2D eigenvalue weighted by Crippen LogP contribution is 2.30. The topological polar surface area (TPSA) is 52.3 Å².